The fourth-order valence-corrected chi connectivity index (χ4v) is 3.48. The third-order valence-electron chi connectivity index (χ3n) is 5.03. The quantitative estimate of drug-likeness (QED) is 0.575. The molecule has 3 rings (SSSR count). The van der Waals surface area contributed by atoms with Crippen LogP contribution in [-0.2, 0) is 0 Å². The van der Waals surface area contributed by atoms with E-state index in [0.717, 1.165) is 28.4 Å². The van der Waals surface area contributed by atoms with Crippen LogP contribution in [0.2, 0.25) is 0 Å². The van der Waals surface area contributed by atoms with E-state index in [-0.39, 0.29) is 11.9 Å². The smallest absolute Gasteiger partial charge is 0.316 e. The van der Waals surface area contributed by atoms with Crippen molar-refractivity contribution >= 4 is 17.6 Å². The Morgan fingerprint density at radius 1 is 1.03 bits per heavy atom. The summed E-state index contributed by atoms with van der Waals surface area (Å²) in [5.74, 6) is 0.639. The van der Waals surface area contributed by atoms with E-state index in [0.29, 0.717) is 11.3 Å². The zero-order chi connectivity index (χ0) is 21.8. The van der Waals surface area contributed by atoms with Crippen molar-refractivity contribution in [3.8, 4) is 11.4 Å². The van der Waals surface area contributed by atoms with Crippen LogP contribution in [0.3, 0.4) is 0 Å². The number of nitrogens with two attached hydrogens (primary N) is 1. The Morgan fingerprint density at radius 2 is 1.67 bits per heavy atom. The number of hydrogen-bond acceptors (Lipinski definition) is 3. The van der Waals surface area contributed by atoms with Gasteiger partial charge in [-0.25, -0.2) is 4.79 Å². The van der Waals surface area contributed by atoms with E-state index >= 15 is 0 Å². The molecule has 0 aliphatic rings. The first kappa shape index (κ1) is 21.0. The van der Waals surface area contributed by atoms with Crippen LogP contribution in [0.5, 0.6) is 5.75 Å². The second kappa shape index (κ2) is 8.73. The minimum absolute atomic E-state index is 0.144. The summed E-state index contributed by atoms with van der Waals surface area (Å²) >= 11 is 0. The van der Waals surface area contributed by atoms with Gasteiger partial charge in [0.2, 0.25) is 0 Å². The van der Waals surface area contributed by atoms with E-state index < -0.39 is 6.03 Å². The number of nitrogens with one attached hydrogen (secondary N) is 2. The lowest BCUT2D eigenvalue weighted by atomic mass is 10.1. The number of carbonyl (C=O) groups excluding carboxylic acids is 2. The number of rotatable bonds is 6. The lowest BCUT2D eigenvalue weighted by Gasteiger charge is -2.15. The van der Waals surface area contributed by atoms with Crippen molar-refractivity contribution in [3.63, 3.8) is 0 Å². The second-order valence-electron chi connectivity index (χ2n) is 7.12. The van der Waals surface area contributed by atoms with Gasteiger partial charge in [0.15, 0.2) is 0 Å². The molecule has 1 heterocycles. The van der Waals surface area contributed by atoms with Crippen LogP contribution < -0.4 is 21.1 Å². The summed E-state index contributed by atoms with van der Waals surface area (Å²) in [6, 6.07) is 16.0. The lowest BCUT2D eigenvalue weighted by Crippen LogP contribution is -2.27. The number of ether oxygens (including phenoxy) is 1. The van der Waals surface area contributed by atoms with Crippen molar-refractivity contribution in [3.05, 3.63) is 77.1 Å². The molecule has 0 saturated carbocycles. The Hall–Kier alpha value is -3.74. The van der Waals surface area contributed by atoms with Gasteiger partial charge < -0.3 is 25.7 Å². The predicted molar refractivity (Wildman–Crippen MR) is 117 cm³/mol. The van der Waals surface area contributed by atoms with Crippen molar-refractivity contribution in [2.24, 2.45) is 5.73 Å². The average Bonchev–Trinajstić information content (AvgIpc) is 3.02. The lowest BCUT2D eigenvalue weighted by molar-refractivity contribution is 0.0939. The van der Waals surface area contributed by atoms with E-state index in [2.05, 4.69) is 10.6 Å². The van der Waals surface area contributed by atoms with E-state index in [9.17, 15) is 9.59 Å². The number of benzene rings is 2. The molecule has 30 heavy (non-hydrogen) atoms. The SMILES string of the molecule is COc1ccc(-n2c(C)cc(C(=O)NC(C)c3ccc(NC(N)=O)cc3)c2C)cc1. The van der Waals surface area contributed by atoms with Gasteiger partial charge in [-0.1, -0.05) is 12.1 Å². The molecule has 0 saturated heterocycles. The summed E-state index contributed by atoms with van der Waals surface area (Å²) in [4.78, 5) is 23.9. The molecule has 0 fully saturated rings. The van der Waals surface area contributed by atoms with Gasteiger partial charge >= 0.3 is 6.03 Å². The molecule has 156 valence electrons. The molecule has 0 spiro atoms. The fourth-order valence-electron chi connectivity index (χ4n) is 3.48. The Labute approximate surface area is 175 Å². The van der Waals surface area contributed by atoms with Crippen LogP contribution in [0.25, 0.3) is 5.69 Å². The molecular weight excluding hydrogens is 380 g/mol. The molecule has 4 N–H and O–H groups in total. The number of carbonyl (C=O) groups is 2. The minimum atomic E-state index is -0.615. The summed E-state index contributed by atoms with van der Waals surface area (Å²) in [5, 5.41) is 5.56. The predicted octanol–water partition coefficient (Wildman–Crippen LogP) is 4.08. The number of methoxy groups -OCH3 is 1. The van der Waals surface area contributed by atoms with Crippen LogP contribution in [0, 0.1) is 13.8 Å². The Bertz CT molecular complexity index is 1050. The normalized spacial score (nSPS) is 11.6. The van der Waals surface area contributed by atoms with Crippen molar-refractivity contribution in [2.75, 3.05) is 12.4 Å². The third kappa shape index (κ3) is 4.46. The van der Waals surface area contributed by atoms with Gasteiger partial charge in [0.25, 0.3) is 5.91 Å². The standard InChI is InChI=1S/C23H26N4O3/c1-14-13-21(16(3)27(14)19-9-11-20(30-4)12-10-19)22(28)25-15(2)17-5-7-18(8-6-17)26-23(24)29/h5-13,15H,1-4H3,(H,25,28)(H3,24,26,29). The highest BCUT2D eigenvalue weighted by Gasteiger charge is 2.19. The van der Waals surface area contributed by atoms with Crippen LogP contribution in [0.4, 0.5) is 10.5 Å². The van der Waals surface area contributed by atoms with Crippen molar-refractivity contribution in [1.29, 1.82) is 0 Å². The molecule has 1 atom stereocenters. The highest BCUT2D eigenvalue weighted by Crippen LogP contribution is 2.24. The summed E-state index contributed by atoms with van der Waals surface area (Å²) in [7, 11) is 1.63. The minimum Gasteiger partial charge on any atom is -0.497 e. The second-order valence-corrected chi connectivity index (χ2v) is 7.12. The number of amides is 3. The van der Waals surface area contributed by atoms with Gasteiger partial charge in [-0.15, -0.1) is 0 Å². The molecule has 7 heteroatoms. The summed E-state index contributed by atoms with van der Waals surface area (Å²) in [6.07, 6.45) is 0. The molecule has 1 aromatic heterocycles. The van der Waals surface area contributed by atoms with E-state index in [1.807, 2.05) is 67.8 Å². The molecule has 1 unspecified atom stereocenters. The number of anilines is 1. The van der Waals surface area contributed by atoms with Gasteiger partial charge in [0, 0.05) is 22.8 Å². The maximum Gasteiger partial charge on any atom is 0.316 e. The molecule has 0 radical (unpaired) electrons. The molecule has 7 nitrogen and oxygen atoms in total. The first-order chi connectivity index (χ1) is 14.3. The Kier molecular flexibility index (Phi) is 6.11. The number of urea groups is 1. The van der Waals surface area contributed by atoms with E-state index in [4.69, 9.17) is 10.5 Å². The maximum absolute atomic E-state index is 12.9. The molecule has 3 amide bonds. The van der Waals surface area contributed by atoms with Gasteiger partial charge in [-0.2, -0.15) is 0 Å². The summed E-state index contributed by atoms with van der Waals surface area (Å²) < 4.78 is 7.27. The number of aromatic nitrogens is 1. The van der Waals surface area contributed by atoms with Gasteiger partial charge in [-0.3, -0.25) is 4.79 Å². The molecule has 0 aliphatic carbocycles. The highest BCUT2D eigenvalue weighted by molar-refractivity contribution is 5.96. The molecule has 2 aromatic carbocycles. The molecule has 0 bridgehead atoms. The van der Waals surface area contributed by atoms with Crippen LogP contribution in [-0.4, -0.2) is 23.6 Å². The highest BCUT2D eigenvalue weighted by atomic mass is 16.5. The fraction of sp³-hybridized carbons (Fsp3) is 0.217. The summed E-state index contributed by atoms with van der Waals surface area (Å²) in [5.41, 5.74) is 10.1. The van der Waals surface area contributed by atoms with Crippen molar-refractivity contribution in [2.45, 2.75) is 26.8 Å². The third-order valence-corrected chi connectivity index (χ3v) is 5.03. The van der Waals surface area contributed by atoms with Crippen molar-refractivity contribution in [1.82, 2.24) is 9.88 Å². The first-order valence-corrected chi connectivity index (χ1v) is 9.60. The van der Waals surface area contributed by atoms with Crippen LogP contribution in [0.15, 0.2) is 54.6 Å². The topological polar surface area (TPSA) is 98.4 Å². The molecular formula is C23H26N4O3. The van der Waals surface area contributed by atoms with E-state index in [1.54, 1.807) is 19.2 Å². The van der Waals surface area contributed by atoms with Gasteiger partial charge in [-0.05, 0) is 68.8 Å². The van der Waals surface area contributed by atoms with Crippen molar-refractivity contribution < 1.29 is 14.3 Å². The van der Waals surface area contributed by atoms with Gasteiger partial charge in [0.05, 0.1) is 18.7 Å². The number of aryl methyl sites for hydroxylation is 1. The summed E-state index contributed by atoms with van der Waals surface area (Å²) in [6.45, 7) is 5.82. The first-order valence-electron chi connectivity index (χ1n) is 9.60. The average molecular weight is 406 g/mol. The largest absolute Gasteiger partial charge is 0.497 e. The zero-order valence-electron chi connectivity index (χ0n) is 17.5. The number of primary amides is 1. The Morgan fingerprint density at radius 3 is 2.23 bits per heavy atom. The zero-order valence-corrected chi connectivity index (χ0v) is 17.5. The van der Waals surface area contributed by atoms with Crippen LogP contribution in [0.1, 0.15) is 40.3 Å². The number of hydrogen-bond donors (Lipinski definition) is 3. The molecule has 0 aliphatic heterocycles. The Balaban J connectivity index is 1.77. The van der Waals surface area contributed by atoms with Crippen LogP contribution >= 0.6 is 0 Å². The van der Waals surface area contributed by atoms with Gasteiger partial charge in [0.1, 0.15) is 5.75 Å². The monoisotopic (exact) mass is 406 g/mol. The number of nitrogens with zero attached hydrogens (tertiary/aromatic N) is 1. The van der Waals surface area contributed by atoms with E-state index in [1.165, 1.54) is 0 Å². The molecule has 3 aromatic rings. The maximum atomic E-state index is 12.9.